The van der Waals surface area contributed by atoms with E-state index in [1.807, 2.05) is 0 Å². The number of nitrogens with one attached hydrogen (secondary N) is 1. The van der Waals surface area contributed by atoms with Gasteiger partial charge >= 0.3 is 0 Å². The van der Waals surface area contributed by atoms with Gasteiger partial charge in [0.05, 0.1) is 5.25 Å². The highest BCUT2D eigenvalue weighted by Gasteiger charge is 2.26. The van der Waals surface area contributed by atoms with Crippen molar-refractivity contribution in [3.63, 3.8) is 0 Å². The number of sulfonamides is 1. The minimum atomic E-state index is -3.00. The van der Waals surface area contributed by atoms with Crippen LogP contribution in [0.3, 0.4) is 0 Å². The van der Waals surface area contributed by atoms with Gasteiger partial charge in [-0.05, 0) is 12.8 Å². The normalized spacial score (nSPS) is 20.4. The fourth-order valence-electron chi connectivity index (χ4n) is 1.67. The molecule has 1 aliphatic carbocycles. The van der Waals surface area contributed by atoms with Crippen LogP contribution in [0.4, 0.5) is 0 Å². The van der Waals surface area contributed by atoms with Crippen LogP contribution in [-0.2, 0) is 10.0 Å². The number of rotatable bonds is 4. The molecular weight excluding hydrogens is 301 g/mol. The van der Waals surface area contributed by atoms with Crippen LogP contribution in [0.1, 0.15) is 32.1 Å². The first-order valence-electron chi connectivity index (χ1n) is 4.71. The average Bonchev–Trinajstić information content (AvgIpc) is 2.16. The maximum atomic E-state index is 11.6. The molecule has 0 heterocycles. The predicted octanol–water partition coefficient (Wildman–Crippen LogP) is 1.67. The molecule has 0 bridgehead atoms. The topological polar surface area (TPSA) is 46.2 Å². The van der Waals surface area contributed by atoms with Crippen molar-refractivity contribution < 1.29 is 8.42 Å². The van der Waals surface area contributed by atoms with Gasteiger partial charge in [-0.1, -0.05) is 41.9 Å². The molecule has 1 saturated carbocycles. The van der Waals surface area contributed by atoms with Gasteiger partial charge in [-0.15, -0.1) is 0 Å². The predicted molar refractivity (Wildman–Crippen MR) is 62.7 cm³/mol. The molecular formula is C8H16INO2S. The minimum absolute atomic E-state index is 0.121. The van der Waals surface area contributed by atoms with E-state index in [1.165, 1.54) is 6.42 Å². The SMILES string of the molecule is O=S(=O)(NCCI)C1CCCCC1. The Balaban J connectivity index is 2.47. The van der Waals surface area contributed by atoms with Crippen molar-refractivity contribution >= 4 is 32.6 Å². The molecule has 1 aliphatic rings. The smallest absolute Gasteiger partial charge is 0.214 e. The Morgan fingerprint density at radius 1 is 1.23 bits per heavy atom. The van der Waals surface area contributed by atoms with E-state index in [1.54, 1.807) is 0 Å². The summed E-state index contributed by atoms with van der Waals surface area (Å²) >= 11 is 2.17. The van der Waals surface area contributed by atoms with Crippen molar-refractivity contribution in [2.75, 3.05) is 11.0 Å². The third-order valence-corrected chi connectivity index (χ3v) is 4.88. The molecule has 1 fully saturated rings. The van der Waals surface area contributed by atoms with Crippen molar-refractivity contribution in [1.29, 1.82) is 0 Å². The van der Waals surface area contributed by atoms with Crippen LogP contribution in [0.25, 0.3) is 0 Å². The molecule has 1 N–H and O–H groups in total. The second-order valence-corrected chi connectivity index (χ2v) is 6.51. The highest BCUT2D eigenvalue weighted by Crippen LogP contribution is 2.22. The molecule has 0 amide bonds. The molecule has 0 aromatic rings. The average molecular weight is 317 g/mol. The van der Waals surface area contributed by atoms with Gasteiger partial charge in [0.2, 0.25) is 10.0 Å². The number of alkyl halides is 1. The van der Waals surface area contributed by atoms with Gasteiger partial charge in [-0.25, -0.2) is 13.1 Å². The minimum Gasteiger partial charge on any atom is -0.214 e. The number of hydrogen-bond donors (Lipinski definition) is 1. The Morgan fingerprint density at radius 3 is 2.38 bits per heavy atom. The van der Waals surface area contributed by atoms with Crippen molar-refractivity contribution in [2.24, 2.45) is 0 Å². The van der Waals surface area contributed by atoms with E-state index in [0.717, 1.165) is 30.1 Å². The lowest BCUT2D eigenvalue weighted by molar-refractivity contribution is 0.478. The molecule has 13 heavy (non-hydrogen) atoms. The van der Waals surface area contributed by atoms with Gasteiger partial charge in [0.15, 0.2) is 0 Å². The van der Waals surface area contributed by atoms with Crippen LogP contribution in [0, 0.1) is 0 Å². The summed E-state index contributed by atoms with van der Waals surface area (Å²) in [5.74, 6) is 0. The van der Waals surface area contributed by atoms with Crippen LogP contribution < -0.4 is 4.72 Å². The third-order valence-electron chi connectivity index (χ3n) is 2.39. The van der Waals surface area contributed by atoms with E-state index in [2.05, 4.69) is 27.3 Å². The molecule has 0 radical (unpaired) electrons. The van der Waals surface area contributed by atoms with Crippen LogP contribution in [0.5, 0.6) is 0 Å². The van der Waals surface area contributed by atoms with Crippen LogP contribution in [0.2, 0.25) is 0 Å². The Hall–Kier alpha value is 0.640. The number of hydrogen-bond acceptors (Lipinski definition) is 2. The van der Waals surface area contributed by atoms with Crippen LogP contribution in [0.15, 0.2) is 0 Å². The molecule has 0 spiro atoms. The second-order valence-electron chi connectivity index (χ2n) is 3.39. The standard InChI is InChI=1S/C8H16INO2S/c9-6-7-10-13(11,12)8-4-2-1-3-5-8/h8,10H,1-7H2. The van der Waals surface area contributed by atoms with Crippen LogP contribution in [-0.4, -0.2) is 24.6 Å². The van der Waals surface area contributed by atoms with Gasteiger partial charge in [0.25, 0.3) is 0 Å². The maximum Gasteiger partial charge on any atom is 0.214 e. The summed E-state index contributed by atoms with van der Waals surface area (Å²) in [5.41, 5.74) is 0. The molecule has 3 nitrogen and oxygen atoms in total. The Morgan fingerprint density at radius 2 is 1.85 bits per heavy atom. The molecule has 0 aromatic carbocycles. The quantitative estimate of drug-likeness (QED) is 0.633. The van der Waals surface area contributed by atoms with Crippen LogP contribution >= 0.6 is 22.6 Å². The fraction of sp³-hybridized carbons (Fsp3) is 1.00. The molecule has 0 saturated heterocycles. The Labute approximate surface area is 93.9 Å². The number of halogens is 1. The van der Waals surface area contributed by atoms with Gasteiger partial charge in [0, 0.05) is 11.0 Å². The van der Waals surface area contributed by atoms with E-state index >= 15 is 0 Å². The van der Waals surface area contributed by atoms with Gasteiger partial charge in [-0.2, -0.15) is 0 Å². The van der Waals surface area contributed by atoms with E-state index in [4.69, 9.17) is 0 Å². The van der Waals surface area contributed by atoms with Gasteiger partial charge in [0.1, 0.15) is 0 Å². The first kappa shape index (κ1) is 11.7. The van der Waals surface area contributed by atoms with Gasteiger partial charge in [-0.3, -0.25) is 0 Å². The molecule has 1 rings (SSSR count). The Kier molecular flexibility index (Phi) is 4.96. The van der Waals surface area contributed by atoms with E-state index < -0.39 is 10.0 Å². The molecule has 0 aromatic heterocycles. The second kappa shape index (κ2) is 5.50. The maximum absolute atomic E-state index is 11.6. The Bertz CT molecular complexity index is 235. The zero-order chi connectivity index (χ0) is 9.73. The molecule has 0 atom stereocenters. The lowest BCUT2D eigenvalue weighted by atomic mass is 10.0. The highest BCUT2D eigenvalue weighted by atomic mass is 127. The van der Waals surface area contributed by atoms with Crippen molar-refractivity contribution in [3.8, 4) is 0 Å². The van der Waals surface area contributed by atoms with E-state index in [9.17, 15) is 8.42 Å². The molecule has 0 aliphatic heterocycles. The molecule has 5 heteroatoms. The first-order chi connectivity index (χ1) is 6.17. The van der Waals surface area contributed by atoms with E-state index in [-0.39, 0.29) is 5.25 Å². The summed E-state index contributed by atoms with van der Waals surface area (Å²) in [6.07, 6.45) is 5.01. The summed E-state index contributed by atoms with van der Waals surface area (Å²) in [7, 11) is -3.00. The summed E-state index contributed by atoms with van der Waals surface area (Å²) in [5, 5.41) is -0.121. The third kappa shape index (κ3) is 3.71. The summed E-state index contributed by atoms with van der Waals surface area (Å²) in [6, 6.07) is 0. The zero-order valence-corrected chi connectivity index (χ0v) is 10.6. The van der Waals surface area contributed by atoms with Gasteiger partial charge < -0.3 is 0 Å². The monoisotopic (exact) mass is 317 g/mol. The van der Waals surface area contributed by atoms with Crippen molar-refractivity contribution in [2.45, 2.75) is 37.4 Å². The highest BCUT2D eigenvalue weighted by molar-refractivity contribution is 14.1. The summed E-state index contributed by atoms with van der Waals surface area (Å²) in [4.78, 5) is 0. The zero-order valence-electron chi connectivity index (χ0n) is 7.63. The summed E-state index contributed by atoms with van der Waals surface area (Å²) in [6.45, 7) is 0.569. The molecule has 78 valence electrons. The van der Waals surface area contributed by atoms with Crippen molar-refractivity contribution in [1.82, 2.24) is 4.72 Å². The lowest BCUT2D eigenvalue weighted by Crippen LogP contribution is -2.36. The fourth-order valence-corrected chi connectivity index (χ4v) is 3.89. The van der Waals surface area contributed by atoms with Crippen molar-refractivity contribution in [3.05, 3.63) is 0 Å². The summed E-state index contributed by atoms with van der Waals surface area (Å²) < 4.78 is 26.7. The van der Waals surface area contributed by atoms with E-state index in [0.29, 0.717) is 6.54 Å². The largest absolute Gasteiger partial charge is 0.214 e. The lowest BCUT2D eigenvalue weighted by Gasteiger charge is -2.21. The first-order valence-corrected chi connectivity index (χ1v) is 7.78. The molecule has 0 unspecified atom stereocenters.